The predicted molar refractivity (Wildman–Crippen MR) is 103 cm³/mol. The smallest absolute Gasteiger partial charge is 0.289 e. The Morgan fingerprint density at radius 3 is 2.52 bits per heavy atom. The molecule has 1 aliphatic heterocycles. The van der Waals surface area contributed by atoms with Crippen LogP contribution in [-0.2, 0) is 0 Å². The van der Waals surface area contributed by atoms with Crippen LogP contribution in [0, 0.1) is 0 Å². The number of nitrogens with zero attached hydrogens (tertiary/aromatic N) is 5. The molecule has 7 nitrogen and oxygen atoms in total. The normalized spacial score (nSPS) is 14.3. The monoisotopic (exact) mass is 363 g/mol. The van der Waals surface area contributed by atoms with Gasteiger partial charge in [-0.3, -0.25) is 4.79 Å². The molecule has 0 N–H and O–H groups in total. The molecule has 0 saturated carbocycles. The zero-order chi connectivity index (χ0) is 18.6. The van der Waals surface area contributed by atoms with Gasteiger partial charge in [-0.15, -0.1) is 0 Å². The molecule has 0 unspecified atom stereocenters. The van der Waals surface area contributed by atoms with E-state index >= 15 is 0 Å². The van der Waals surface area contributed by atoms with Gasteiger partial charge in [0.15, 0.2) is 5.76 Å². The van der Waals surface area contributed by atoms with Gasteiger partial charge in [-0.05, 0) is 30.3 Å². The van der Waals surface area contributed by atoms with E-state index in [0.717, 1.165) is 24.6 Å². The summed E-state index contributed by atoms with van der Waals surface area (Å²) in [5, 5.41) is 0. The number of carbonyl (C=O) groups excluding carboxylic acids is 1. The largest absolute Gasteiger partial charge is 0.459 e. The molecule has 2 aromatic heterocycles. The Labute approximate surface area is 157 Å². The number of benzene rings is 1. The Kier molecular flexibility index (Phi) is 4.74. The molecule has 7 heteroatoms. The molecular formula is C20H21N5O2. The van der Waals surface area contributed by atoms with Crippen molar-refractivity contribution in [1.82, 2.24) is 14.9 Å². The van der Waals surface area contributed by atoms with Crippen LogP contribution in [0.5, 0.6) is 0 Å². The molecule has 3 heterocycles. The Morgan fingerprint density at radius 1 is 1.04 bits per heavy atom. The maximum Gasteiger partial charge on any atom is 0.289 e. The van der Waals surface area contributed by atoms with E-state index in [9.17, 15) is 4.79 Å². The number of piperazine rings is 1. The van der Waals surface area contributed by atoms with Crippen molar-refractivity contribution in [3.63, 3.8) is 0 Å². The Hall–Kier alpha value is -3.35. The lowest BCUT2D eigenvalue weighted by atomic mass is 10.3. The topological polar surface area (TPSA) is 65.7 Å². The molecule has 1 aromatic carbocycles. The van der Waals surface area contributed by atoms with E-state index in [1.807, 2.05) is 53.2 Å². The summed E-state index contributed by atoms with van der Waals surface area (Å²) < 4.78 is 5.21. The summed E-state index contributed by atoms with van der Waals surface area (Å²) in [6.45, 7) is 2.71. The fraction of sp³-hybridized carbons (Fsp3) is 0.250. The molecule has 27 heavy (non-hydrogen) atoms. The third-order valence-corrected chi connectivity index (χ3v) is 4.69. The first-order chi connectivity index (χ1) is 13.2. The molecule has 1 fully saturated rings. The van der Waals surface area contributed by atoms with Crippen LogP contribution >= 0.6 is 0 Å². The maximum absolute atomic E-state index is 12.4. The first kappa shape index (κ1) is 17.1. The van der Waals surface area contributed by atoms with Gasteiger partial charge >= 0.3 is 0 Å². The molecule has 1 aliphatic rings. The van der Waals surface area contributed by atoms with Gasteiger partial charge in [0, 0.05) is 45.1 Å². The summed E-state index contributed by atoms with van der Waals surface area (Å²) in [4.78, 5) is 27.4. The Bertz CT molecular complexity index is 890. The fourth-order valence-electron chi connectivity index (χ4n) is 3.14. The average molecular weight is 363 g/mol. The van der Waals surface area contributed by atoms with Gasteiger partial charge in [0.25, 0.3) is 5.91 Å². The summed E-state index contributed by atoms with van der Waals surface area (Å²) in [5.74, 6) is 1.84. The van der Waals surface area contributed by atoms with E-state index in [1.165, 1.54) is 6.26 Å². The van der Waals surface area contributed by atoms with E-state index in [4.69, 9.17) is 9.40 Å². The lowest BCUT2D eigenvalue weighted by molar-refractivity contribution is 0.0714. The average Bonchev–Trinajstić information content (AvgIpc) is 3.28. The van der Waals surface area contributed by atoms with Crippen LogP contribution in [0.1, 0.15) is 10.6 Å². The van der Waals surface area contributed by atoms with Crippen LogP contribution in [0.4, 0.5) is 17.5 Å². The minimum atomic E-state index is -0.0631. The van der Waals surface area contributed by atoms with Crippen LogP contribution in [0.15, 0.2) is 65.4 Å². The number of para-hydroxylation sites is 1. The standard InChI is InChI=1S/C20H21N5O2/c1-23(16-6-3-2-4-7-16)20-21-10-9-18(22-20)24-11-13-25(14-12-24)19(26)17-8-5-15-27-17/h2-10,15H,11-14H2,1H3. The molecule has 0 radical (unpaired) electrons. The minimum absolute atomic E-state index is 0.0631. The molecule has 0 aliphatic carbocycles. The highest BCUT2D eigenvalue weighted by atomic mass is 16.3. The molecular weight excluding hydrogens is 342 g/mol. The lowest BCUT2D eigenvalue weighted by Gasteiger charge is -2.35. The first-order valence-electron chi connectivity index (χ1n) is 8.92. The number of aromatic nitrogens is 2. The second kappa shape index (κ2) is 7.49. The van der Waals surface area contributed by atoms with E-state index in [-0.39, 0.29) is 5.91 Å². The molecule has 0 atom stereocenters. The number of anilines is 3. The second-order valence-corrected chi connectivity index (χ2v) is 6.37. The van der Waals surface area contributed by atoms with Crippen molar-refractivity contribution in [2.24, 2.45) is 0 Å². The zero-order valence-electron chi connectivity index (χ0n) is 15.2. The number of furan rings is 1. The lowest BCUT2D eigenvalue weighted by Crippen LogP contribution is -2.49. The Morgan fingerprint density at radius 2 is 1.81 bits per heavy atom. The first-order valence-corrected chi connectivity index (χ1v) is 8.92. The van der Waals surface area contributed by atoms with Gasteiger partial charge in [0.05, 0.1) is 6.26 Å². The van der Waals surface area contributed by atoms with Crippen LogP contribution in [0.2, 0.25) is 0 Å². The number of hydrogen-bond donors (Lipinski definition) is 0. The number of carbonyl (C=O) groups is 1. The van der Waals surface area contributed by atoms with Gasteiger partial charge in [0.2, 0.25) is 5.95 Å². The van der Waals surface area contributed by atoms with Crippen molar-refractivity contribution < 1.29 is 9.21 Å². The van der Waals surface area contributed by atoms with Crippen molar-refractivity contribution in [1.29, 1.82) is 0 Å². The van der Waals surface area contributed by atoms with Crippen molar-refractivity contribution in [3.05, 3.63) is 66.8 Å². The van der Waals surface area contributed by atoms with Gasteiger partial charge in [-0.25, -0.2) is 4.98 Å². The van der Waals surface area contributed by atoms with Gasteiger partial charge in [-0.2, -0.15) is 4.98 Å². The SMILES string of the molecule is CN(c1ccccc1)c1nccc(N2CCN(C(=O)c3ccco3)CC2)n1. The zero-order valence-corrected chi connectivity index (χ0v) is 15.2. The van der Waals surface area contributed by atoms with E-state index in [2.05, 4.69) is 9.88 Å². The summed E-state index contributed by atoms with van der Waals surface area (Å²) in [6.07, 6.45) is 3.30. The highest BCUT2D eigenvalue weighted by Gasteiger charge is 2.24. The van der Waals surface area contributed by atoms with Crippen LogP contribution in [-0.4, -0.2) is 54.0 Å². The van der Waals surface area contributed by atoms with Gasteiger partial charge in [0.1, 0.15) is 5.82 Å². The number of rotatable bonds is 4. The van der Waals surface area contributed by atoms with Gasteiger partial charge < -0.3 is 19.1 Å². The van der Waals surface area contributed by atoms with Crippen molar-refractivity contribution in [3.8, 4) is 0 Å². The number of hydrogen-bond acceptors (Lipinski definition) is 6. The second-order valence-electron chi connectivity index (χ2n) is 6.37. The molecule has 138 valence electrons. The third-order valence-electron chi connectivity index (χ3n) is 4.69. The summed E-state index contributed by atoms with van der Waals surface area (Å²) in [6, 6.07) is 15.4. The fourth-order valence-corrected chi connectivity index (χ4v) is 3.14. The third kappa shape index (κ3) is 3.62. The molecule has 0 bridgehead atoms. The molecule has 0 spiro atoms. The molecule has 1 amide bonds. The Balaban J connectivity index is 1.44. The molecule has 3 aromatic rings. The van der Waals surface area contributed by atoms with Gasteiger partial charge in [-0.1, -0.05) is 18.2 Å². The quantitative estimate of drug-likeness (QED) is 0.710. The van der Waals surface area contributed by atoms with Crippen LogP contribution < -0.4 is 9.80 Å². The maximum atomic E-state index is 12.4. The summed E-state index contributed by atoms with van der Waals surface area (Å²) in [7, 11) is 1.95. The van der Waals surface area contributed by atoms with Crippen molar-refractivity contribution in [2.75, 3.05) is 43.0 Å². The predicted octanol–water partition coefficient (Wildman–Crippen LogP) is 2.80. The molecule has 1 saturated heterocycles. The highest BCUT2D eigenvalue weighted by molar-refractivity contribution is 5.91. The summed E-state index contributed by atoms with van der Waals surface area (Å²) in [5.41, 5.74) is 1.03. The minimum Gasteiger partial charge on any atom is -0.459 e. The summed E-state index contributed by atoms with van der Waals surface area (Å²) >= 11 is 0. The van der Waals surface area contributed by atoms with E-state index in [1.54, 1.807) is 18.3 Å². The molecule has 4 rings (SSSR count). The van der Waals surface area contributed by atoms with Crippen LogP contribution in [0.25, 0.3) is 0 Å². The number of amides is 1. The van der Waals surface area contributed by atoms with Crippen LogP contribution in [0.3, 0.4) is 0 Å². The van der Waals surface area contributed by atoms with Crippen molar-refractivity contribution in [2.45, 2.75) is 0 Å². The van der Waals surface area contributed by atoms with E-state index < -0.39 is 0 Å². The van der Waals surface area contributed by atoms with E-state index in [0.29, 0.717) is 24.8 Å². The highest BCUT2D eigenvalue weighted by Crippen LogP contribution is 2.22. The van der Waals surface area contributed by atoms with Crippen molar-refractivity contribution >= 4 is 23.4 Å².